The summed E-state index contributed by atoms with van der Waals surface area (Å²) in [6.45, 7) is 1.99. The lowest BCUT2D eigenvalue weighted by atomic mass is 9.99. The molecule has 3 aromatic carbocycles. The molecule has 7 nitrogen and oxygen atoms in total. The molecule has 0 radical (unpaired) electrons. The van der Waals surface area contributed by atoms with Crippen molar-refractivity contribution < 1.29 is 19.5 Å². The highest BCUT2D eigenvalue weighted by atomic mass is 35.5. The Morgan fingerprint density at radius 3 is 2.16 bits per heavy atom. The minimum Gasteiger partial charge on any atom is -0.481 e. The monoisotopic (exact) mass is 547 g/mol. The number of halogens is 2. The average Bonchev–Trinajstić information content (AvgIpc) is 2.89. The topological polar surface area (TPSA) is 108 Å². The largest absolute Gasteiger partial charge is 0.481 e. The molecule has 0 unspecified atom stereocenters. The zero-order chi connectivity index (χ0) is 27.2. The lowest BCUT2D eigenvalue weighted by Crippen LogP contribution is -2.26. The van der Waals surface area contributed by atoms with Gasteiger partial charge in [-0.05, 0) is 77.7 Å². The molecule has 38 heavy (non-hydrogen) atoms. The van der Waals surface area contributed by atoms with E-state index in [0.717, 1.165) is 16.7 Å². The van der Waals surface area contributed by atoms with Crippen LogP contribution in [0.1, 0.15) is 32.8 Å². The Hall–Kier alpha value is -4.20. The number of nitrogens with one attached hydrogen (secondary N) is 2. The van der Waals surface area contributed by atoms with Crippen molar-refractivity contribution in [3.63, 3.8) is 0 Å². The van der Waals surface area contributed by atoms with Gasteiger partial charge >= 0.3 is 5.97 Å². The van der Waals surface area contributed by atoms with Crippen LogP contribution in [0.4, 0.5) is 5.69 Å². The fourth-order valence-electron chi connectivity index (χ4n) is 3.90. The molecule has 2 amide bonds. The Morgan fingerprint density at radius 1 is 0.816 bits per heavy atom. The fraction of sp³-hybridized carbons (Fsp3) is 0.103. The van der Waals surface area contributed by atoms with Gasteiger partial charge in [-0.15, -0.1) is 0 Å². The van der Waals surface area contributed by atoms with Crippen molar-refractivity contribution >= 4 is 46.7 Å². The molecule has 0 bridgehead atoms. The normalized spacial score (nSPS) is 10.6. The molecule has 192 valence electrons. The second kappa shape index (κ2) is 11.9. The van der Waals surface area contributed by atoms with Gasteiger partial charge in [0.2, 0.25) is 0 Å². The number of carboxylic acids is 1. The van der Waals surface area contributed by atoms with Crippen molar-refractivity contribution in [1.29, 1.82) is 0 Å². The van der Waals surface area contributed by atoms with Crippen molar-refractivity contribution in [3.8, 4) is 22.3 Å². The fourth-order valence-corrected chi connectivity index (χ4v) is 4.30. The molecule has 9 heteroatoms. The SMILES string of the molecule is Cc1cc(Cl)ccc1-c1ccc(NC(=O)c2ccc(Cl)cc2-c2ccc(C(=O)NCCC(=O)O)nc2)cc1. The van der Waals surface area contributed by atoms with Crippen LogP contribution in [0, 0.1) is 6.92 Å². The van der Waals surface area contributed by atoms with Gasteiger partial charge in [0.05, 0.1) is 6.42 Å². The Balaban J connectivity index is 1.51. The Morgan fingerprint density at radius 2 is 1.50 bits per heavy atom. The predicted molar refractivity (Wildman–Crippen MR) is 149 cm³/mol. The standard InChI is InChI=1S/C29H23Cl2N3O4/c1-17-14-20(30)5-9-23(17)18-2-7-22(8-3-18)34-28(37)24-10-6-21(31)15-25(24)19-4-11-26(33-16-19)29(38)32-13-12-27(35)36/h2-11,14-16H,12-13H2,1H3,(H,32,38)(H,34,37)(H,35,36). The number of hydrogen-bond donors (Lipinski definition) is 3. The number of aliphatic carboxylic acids is 1. The van der Waals surface area contributed by atoms with Gasteiger partial charge in [0.25, 0.3) is 11.8 Å². The van der Waals surface area contributed by atoms with Crippen LogP contribution in [0.15, 0.2) is 79.0 Å². The van der Waals surface area contributed by atoms with Crippen LogP contribution in [0.2, 0.25) is 10.0 Å². The van der Waals surface area contributed by atoms with Crippen LogP contribution in [0.5, 0.6) is 0 Å². The van der Waals surface area contributed by atoms with Crippen LogP contribution >= 0.6 is 23.2 Å². The van der Waals surface area contributed by atoms with Gasteiger partial charge in [0, 0.05) is 39.6 Å². The maximum Gasteiger partial charge on any atom is 0.305 e. The van der Waals surface area contributed by atoms with E-state index in [9.17, 15) is 14.4 Å². The van der Waals surface area contributed by atoms with Gasteiger partial charge in [-0.1, -0.05) is 47.5 Å². The third kappa shape index (κ3) is 6.56. The maximum absolute atomic E-state index is 13.2. The Bertz CT molecular complexity index is 1500. The van der Waals surface area contributed by atoms with Crippen LogP contribution in [-0.2, 0) is 4.79 Å². The summed E-state index contributed by atoms with van der Waals surface area (Å²) in [7, 11) is 0. The van der Waals surface area contributed by atoms with Gasteiger partial charge in [-0.2, -0.15) is 0 Å². The van der Waals surface area contributed by atoms with E-state index < -0.39 is 11.9 Å². The van der Waals surface area contributed by atoms with Crippen LogP contribution in [0.3, 0.4) is 0 Å². The second-order valence-corrected chi connectivity index (χ2v) is 9.39. The van der Waals surface area contributed by atoms with E-state index >= 15 is 0 Å². The van der Waals surface area contributed by atoms with E-state index in [0.29, 0.717) is 32.4 Å². The van der Waals surface area contributed by atoms with Gasteiger partial charge in [-0.3, -0.25) is 19.4 Å². The highest BCUT2D eigenvalue weighted by Gasteiger charge is 2.16. The lowest BCUT2D eigenvalue weighted by molar-refractivity contribution is -0.136. The van der Waals surface area contributed by atoms with E-state index in [-0.39, 0.29) is 24.6 Å². The first kappa shape index (κ1) is 26.9. The molecule has 0 spiro atoms. The van der Waals surface area contributed by atoms with Gasteiger partial charge in [0.1, 0.15) is 5.69 Å². The number of aromatic nitrogens is 1. The number of amides is 2. The van der Waals surface area contributed by atoms with Gasteiger partial charge in [0.15, 0.2) is 0 Å². The van der Waals surface area contributed by atoms with Gasteiger partial charge < -0.3 is 15.7 Å². The Kier molecular flexibility index (Phi) is 8.41. The number of carboxylic acid groups (broad SMARTS) is 1. The summed E-state index contributed by atoms with van der Waals surface area (Å²) in [5.41, 5.74) is 5.38. The molecule has 0 aliphatic rings. The molecular formula is C29H23Cl2N3O4. The number of nitrogens with zero attached hydrogens (tertiary/aromatic N) is 1. The molecule has 1 aromatic heterocycles. The molecular weight excluding hydrogens is 525 g/mol. The smallest absolute Gasteiger partial charge is 0.305 e. The van der Waals surface area contributed by atoms with E-state index in [1.54, 1.807) is 24.3 Å². The van der Waals surface area contributed by atoms with Crippen molar-refractivity contribution in [2.24, 2.45) is 0 Å². The van der Waals surface area contributed by atoms with Crippen molar-refractivity contribution in [2.75, 3.05) is 11.9 Å². The van der Waals surface area contributed by atoms with Crippen LogP contribution in [-0.4, -0.2) is 34.4 Å². The molecule has 0 saturated heterocycles. The Labute approximate surface area is 229 Å². The van der Waals surface area contributed by atoms with E-state index in [1.807, 2.05) is 49.4 Å². The zero-order valence-corrected chi connectivity index (χ0v) is 21.8. The summed E-state index contributed by atoms with van der Waals surface area (Å²) in [6, 6.07) is 21.3. The number of hydrogen-bond acceptors (Lipinski definition) is 4. The van der Waals surface area contributed by atoms with Crippen LogP contribution in [0.25, 0.3) is 22.3 Å². The molecule has 0 atom stereocenters. The molecule has 3 N–H and O–H groups in total. The summed E-state index contributed by atoms with van der Waals surface area (Å²) >= 11 is 12.3. The summed E-state index contributed by atoms with van der Waals surface area (Å²) < 4.78 is 0. The number of rotatable bonds is 8. The minimum atomic E-state index is -1.01. The van der Waals surface area contributed by atoms with E-state index in [4.69, 9.17) is 28.3 Å². The first-order valence-corrected chi connectivity index (χ1v) is 12.4. The molecule has 4 aromatic rings. The van der Waals surface area contributed by atoms with Crippen molar-refractivity contribution in [1.82, 2.24) is 10.3 Å². The van der Waals surface area contributed by atoms with Crippen LogP contribution < -0.4 is 10.6 Å². The summed E-state index contributed by atoms with van der Waals surface area (Å²) in [4.78, 5) is 40.2. The number of aryl methyl sites for hydroxylation is 1. The average molecular weight is 548 g/mol. The number of benzene rings is 3. The second-order valence-electron chi connectivity index (χ2n) is 8.51. The third-order valence-corrected chi connectivity index (χ3v) is 6.27. The quantitative estimate of drug-likeness (QED) is 0.233. The molecule has 0 aliphatic carbocycles. The number of anilines is 1. The minimum absolute atomic E-state index is 0.00348. The van der Waals surface area contributed by atoms with E-state index in [2.05, 4.69) is 15.6 Å². The summed E-state index contributed by atoms with van der Waals surface area (Å²) in [5.74, 6) is -1.82. The first-order chi connectivity index (χ1) is 18.2. The third-order valence-electron chi connectivity index (χ3n) is 5.80. The summed E-state index contributed by atoms with van der Waals surface area (Å²) in [5, 5.41) is 15.2. The highest BCUT2D eigenvalue weighted by Crippen LogP contribution is 2.29. The van der Waals surface area contributed by atoms with Gasteiger partial charge in [-0.25, -0.2) is 0 Å². The summed E-state index contributed by atoms with van der Waals surface area (Å²) in [6.07, 6.45) is 1.28. The van der Waals surface area contributed by atoms with E-state index in [1.165, 1.54) is 12.3 Å². The molecule has 0 aliphatic heterocycles. The molecule has 0 saturated carbocycles. The maximum atomic E-state index is 13.2. The lowest BCUT2D eigenvalue weighted by Gasteiger charge is -2.12. The zero-order valence-electron chi connectivity index (χ0n) is 20.3. The molecule has 4 rings (SSSR count). The number of carbonyl (C=O) groups excluding carboxylic acids is 2. The highest BCUT2D eigenvalue weighted by molar-refractivity contribution is 6.31. The van der Waals surface area contributed by atoms with Crippen molar-refractivity contribution in [3.05, 3.63) is 106 Å². The number of pyridine rings is 1. The number of carbonyl (C=O) groups is 3. The van der Waals surface area contributed by atoms with Crippen molar-refractivity contribution in [2.45, 2.75) is 13.3 Å². The molecule has 0 fully saturated rings. The predicted octanol–water partition coefficient (Wildman–Crippen LogP) is 6.49. The first-order valence-electron chi connectivity index (χ1n) is 11.6. The molecule has 1 heterocycles.